The van der Waals surface area contributed by atoms with Crippen molar-refractivity contribution in [1.29, 1.82) is 0 Å². The molecule has 2 saturated carbocycles. The van der Waals surface area contributed by atoms with Gasteiger partial charge in [0.1, 0.15) is 5.75 Å². The number of benzene rings is 2. The van der Waals surface area contributed by atoms with Crippen LogP contribution >= 0.6 is 11.3 Å². The van der Waals surface area contributed by atoms with Gasteiger partial charge in [0, 0.05) is 23.5 Å². The minimum Gasteiger partial charge on any atom is -1.00 e. The first-order chi connectivity index (χ1) is 17.1. The van der Waals surface area contributed by atoms with E-state index in [9.17, 15) is 9.90 Å². The normalized spacial score (nSPS) is 20.0. The summed E-state index contributed by atoms with van der Waals surface area (Å²) in [4.78, 5) is 19.1. The van der Waals surface area contributed by atoms with Gasteiger partial charge in [0.05, 0.1) is 17.4 Å². The van der Waals surface area contributed by atoms with Crippen molar-refractivity contribution < 1.29 is 45.6 Å². The van der Waals surface area contributed by atoms with E-state index in [0.717, 1.165) is 59.3 Å². The Kier molecular flexibility index (Phi) is 9.51. The third kappa shape index (κ3) is 6.52. The van der Waals surface area contributed by atoms with Crippen LogP contribution in [0.3, 0.4) is 0 Å². The average molecular weight is 515 g/mol. The number of carboxylic acid groups (broad SMARTS) is 1. The zero-order chi connectivity index (χ0) is 24.2. The molecule has 1 heterocycles. The molecule has 5 nitrogen and oxygen atoms in total. The fourth-order valence-corrected chi connectivity index (χ4v) is 6.30. The summed E-state index contributed by atoms with van der Waals surface area (Å²) in [5, 5.41) is 12.7. The molecule has 0 aliphatic heterocycles. The first kappa shape index (κ1) is 27.2. The number of thiazole rings is 1. The maximum absolute atomic E-state index is 11.8. The molecule has 2 aliphatic carbocycles. The molecular weight excluding hydrogens is 479 g/mol. The van der Waals surface area contributed by atoms with E-state index in [2.05, 4.69) is 41.5 Å². The van der Waals surface area contributed by atoms with Gasteiger partial charge in [-0.1, -0.05) is 38.0 Å². The Balaban J connectivity index is 0.00000190. The Morgan fingerprint density at radius 3 is 2.44 bits per heavy atom. The van der Waals surface area contributed by atoms with Gasteiger partial charge >= 0.3 is 35.5 Å². The van der Waals surface area contributed by atoms with E-state index in [0.29, 0.717) is 24.3 Å². The molecule has 0 amide bonds. The van der Waals surface area contributed by atoms with Crippen LogP contribution in [0.1, 0.15) is 75.6 Å². The summed E-state index contributed by atoms with van der Waals surface area (Å²) in [6, 6.07) is 16.0. The number of nitrogens with zero attached hydrogens (tertiary/aromatic N) is 2. The second kappa shape index (κ2) is 12.6. The van der Waals surface area contributed by atoms with Crippen LogP contribution < -0.4 is 39.2 Å². The Labute approximate surface area is 241 Å². The Bertz CT molecular complexity index is 1140. The molecule has 0 spiro atoms. The molecular formula is C29H35N2NaO3S. The van der Waals surface area contributed by atoms with Crippen LogP contribution in [-0.4, -0.2) is 28.2 Å². The van der Waals surface area contributed by atoms with Gasteiger partial charge in [0.2, 0.25) is 0 Å². The largest absolute Gasteiger partial charge is 1.00 e. The Morgan fingerprint density at radius 2 is 1.75 bits per heavy atom. The number of hydrogen-bond donors (Lipinski definition) is 1. The molecule has 0 saturated heterocycles. The van der Waals surface area contributed by atoms with E-state index in [4.69, 9.17) is 9.72 Å². The van der Waals surface area contributed by atoms with Gasteiger partial charge < -0.3 is 16.2 Å². The number of aromatic carboxylic acids is 1. The van der Waals surface area contributed by atoms with Crippen molar-refractivity contribution in [3.05, 3.63) is 65.0 Å². The summed E-state index contributed by atoms with van der Waals surface area (Å²) >= 11 is 1.64. The summed E-state index contributed by atoms with van der Waals surface area (Å²) in [6.07, 6.45) is 9.77. The number of carbonyl (C=O) groups is 1. The van der Waals surface area contributed by atoms with E-state index < -0.39 is 5.97 Å². The first-order valence-corrected chi connectivity index (χ1v) is 13.8. The molecule has 2 aliphatic rings. The van der Waals surface area contributed by atoms with Gasteiger partial charge in [0.15, 0.2) is 5.13 Å². The number of rotatable bonds is 8. The maximum Gasteiger partial charge on any atom is 1.00 e. The van der Waals surface area contributed by atoms with Crippen LogP contribution in [-0.2, 0) is 6.54 Å². The minimum absolute atomic E-state index is 0. The zero-order valence-corrected chi connectivity index (χ0v) is 24.2. The molecule has 0 radical (unpaired) electrons. The van der Waals surface area contributed by atoms with Gasteiger partial charge in [-0.15, -0.1) is 11.3 Å². The third-order valence-electron chi connectivity index (χ3n) is 7.51. The predicted octanol–water partition coefficient (Wildman–Crippen LogP) is 4.53. The molecule has 7 heteroatoms. The van der Waals surface area contributed by atoms with E-state index in [1.807, 2.05) is 12.1 Å². The predicted molar refractivity (Wildman–Crippen MR) is 143 cm³/mol. The monoisotopic (exact) mass is 514 g/mol. The van der Waals surface area contributed by atoms with Crippen LogP contribution in [0.15, 0.2) is 53.9 Å². The van der Waals surface area contributed by atoms with Crippen molar-refractivity contribution in [1.82, 2.24) is 4.98 Å². The van der Waals surface area contributed by atoms with Gasteiger partial charge in [-0.2, -0.15) is 0 Å². The van der Waals surface area contributed by atoms with Crippen LogP contribution in [0.2, 0.25) is 0 Å². The first-order valence-electron chi connectivity index (χ1n) is 12.9. The number of carboxylic acids is 1. The number of ether oxygens (including phenoxy) is 1. The number of hydrogen-bond acceptors (Lipinski definition) is 5. The molecule has 2 fully saturated rings. The molecule has 36 heavy (non-hydrogen) atoms. The van der Waals surface area contributed by atoms with Crippen molar-refractivity contribution in [2.24, 2.45) is 5.92 Å². The fraction of sp³-hybridized carbons (Fsp3) is 0.448. The molecule has 3 aromatic rings. The fourth-order valence-electron chi connectivity index (χ4n) is 5.39. The SMILES string of the molecule is CC1CCC(Oc2ccc(-c3csc(N(Cc4ccccc4C(=O)O)C4CCCC4)n3)cc2)CC1.[H-].[Na+]. The second-order valence-corrected chi connectivity index (χ2v) is 10.9. The molecule has 0 unspecified atom stereocenters. The third-order valence-corrected chi connectivity index (χ3v) is 8.39. The van der Waals surface area contributed by atoms with Crippen molar-refractivity contribution in [2.75, 3.05) is 4.90 Å². The van der Waals surface area contributed by atoms with Gasteiger partial charge in [0.25, 0.3) is 0 Å². The van der Waals surface area contributed by atoms with Gasteiger partial charge in [-0.3, -0.25) is 0 Å². The maximum atomic E-state index is 11.8. The van der Waals surface area contributed by atoms with Crippen LogP contribution in [0, 0.1) is 5.92 Å². The minimum atomic E-state index is -0.878. The second-order valence-electron chi connectivity index (χ2n) is 10.1. The quantitative estimate of drug-likeness (QED) is 0.448. The molecule has 1 N–H and O–H groups in total. The van der Waals surface area contributed by atoms with Crippen molar-refractivity contribution >= 4 is 22.4 Å². The topological polar surface area (TPSA) is 62.7 Å². The summed E-state index contributed by atoms with van der Waals surface area (Å²) < 4.78 is 6.23. The molecule has 5 rings (SSSR count). The molecule has 2 aromatic carbocycles. The summed E-state index contributed by atoms with van der Waals surface area (Å²) in [6.45, 7) is 2.89. The molecule has 0 bridgehead atoms. The van der Waals surface area contributed by atoms with Crippen molar-refractivity contribution in [3.8, 4) is 17.0 Å². The summed E-state index contributed by atoms with van der Waals surface area (Å²) in [5.41, 5.74) is 3.24. The van der Waals surface area contributed by atoms with E-state index in [1.165, 1.54) is 25.7 Å². The Morgan fingerprint density at radius 1 is 1.06 bits per heavy atom. The number of anilines is 1. The molecule has 0 atom stereocenters. The molecule has 186 valence electrons. The van der Waals surface area contributed by atoms with E-state index in [-0.39, 0.29) is 31.0 Å². The van der Waals surface area contributed by atoms with E-state index >= 15 is 0 Å². The summed E-state index contributed by atoms with van der Waals surface area (Å²) in [5.74, 6) is 0.871. The smallest absolute Gasteiger partial charge is 1.00 e. The Hall–Kier alpha value is -1.86. The van der Waals surface area contributed by atoms with Gasteiger partial charge in [-0.25, -0.2) is 9.78 Å². The van der Waals surface area contributed by atoms with Gasteiger partial charge in [-0.05, 0) is 80.3 Å². The number of aromatic nitrogens is 1. The van der Waals surface area contributed by atoms with Crippen LogP contribution in [0.25, 0.3) is 11.3 Å². The average Bonchev–Trinajstić information content (AvgIpc) is 3.58. The molecule has 1 aromatic heterocycles. The van der Waals surface area contributed by atoms with Crippen LogP contribution in [0.5, 0.6) is 5.75 Å². The summed E-state index contributed by atoms with van der Waals surface area (Å²) in [7, 11) is 0. The van der Waals surface area contributed by atoms with Crippen LogP contribution in [0.4, 0.5) is 5.13 Å². The standard InChI is InChI=1S/C29H34N2O3S.Na.H/c1-20-10-14-24(15-11-20)34-25-16-12-21(13-17-25)27-19-35-29(30-27)31(23-7-3-4-8-23)18-22-6-2-5-9-26(22)28(32)33;;/h2,5-6,9,12-13,16-17,19-20,23-24H,3-4,7-8,10-11,14-15,18H2,1H3,(H,32,33);;/q;+1;-1. The van der Waals surface area contributed by atoms with Crippen molar-refractivity contribution in [2.45, 2.75) is 77.0 Å². The van der Waals surface area contributed by atoms with E-state index in [1.54, 1.807) is 23.5 Å². The zero-order valence-electron chi connectivity index (χ0n) is 22.4. The van der Waals surface area contributed by atoms with Crippen molar-refractivity contribution in [3.63, 3.8) is 0 Å².